The molecule has 1 aromatic rings. The van der Waals surface area contributed by atoms with Crippen molar-refractivity contribution < 1.29 is 27.8 Å². The molecule has 0 aliphatic carbocycles. The van der Waals surface area contributed by atoms with Gasteiger partial charge in [0.1, 0.15) is 0 Å². The third-order valence-electron chi connectivity index (χ3n) is 3.27. The maximum Gasteiger partial charge on any atom is 0.471 e. The highest BCUT2D eigenvalue weighted by molar-refractivity contribution is 5.82. The summed E-state index contributed by atoms with van der Waals surface area (Å²) in [4.78, 5) is 11.2. The number of rotatable bonds is 8. The Hall–Kier alpha value is -1.60. The number of methoxy groups -OCH3 is 1. The van der Waals surface area contributed by atoms with Crippen molar-refractivity contribution >= 4 is 5.91 Å². The van der Waals surface area contributed by atoms with Gasteiger partial charge in [-0.3, -0.25) is 4.79 Å². The van der Waals surface area contributed by atoms with Gasteiger partial charge >= 0.3 is 12.1 Å². The van der Waals surface area contributed by atoms with Crippen LogP contribution in [0.15, 0.2) is 30.3 Å². The van der Waals surface area contributed by atoms with Crippen LogP contribution in [0.25, 0.3) is 0 Å². The molecule has 0 aromatic heterocycles. The minimum Gasteiger partial charge on any atom is -0.396 e. The van der Waals surface area contributed by atoms with Crippen LogP contribution >= 0.6 is 0 Å². The molecule has 2 atom stereocenters. The molecule has 0 saturated heterocycles. The number of carbonyl (C=O) groups is 1. The smallest absolute Gasteiger partial charge is 0.396 e. The molecule has 4 nitrogen and oxygen atoms in total. The van der Waals surface area contributed by atoms with Crippen molar-refractivity contribution in [3.63, 3.8) is 0 Å². The molecule has 0 aliphatic rings. The second-order valence-corrected chi connectivity index (χ2v) is 4.91. The highest BCUT2D eigenvalue weighted by Crippen LogP contribution is 2.18. The first-order valence-electron chi connectivity index (χ1n) is 6.93. The van der Waals surface area contributed by atoms with E-state index in [1.807, 2.05) is 5.32 Å². The molecular weight excluding hydrogens is 299 g/mol. The number of aliphatic hydroxyl groups excluding tert-OH is 1. The summed E-state index contributed by atoms with van der Waals surface area (Å²) >= 11 is 0. The van der Waals surface area contributed by atoms with Crippen LogP contribution in [-0.4, -0.2) is 43.1 Å². The SMILES string of the molecule is COC(CCCO)[C@@H](Cc1ccccc1)NC(=O)C(F)(F)F. The Morgan fingerprint density at radius 3 is 2.45 bits per heavy atom. The number of hydrogen-bond acceptors (Lipinski definition) is 3. The van der Waals surface area contributed by atoms with Gasteiger partial charge in [-0.15, -0.1) is 0 Å². The number of alkyl halides is 3. The molecule has 7 heteroatoms. The Bertz CT molecular complexity index is 451. The van der Waals surface area contributed by atoms with Crippen LogP contribution in [0.5, 0.6) is 0 Å². The van der Waals surface area contributed by atoms with Crippen molar-refractivity contribution in [1.82, 2.24) is 5.32 Å². The van der Waals surface area contributed by atoms with Crippen molar-refractivity contribution in [3.05, 3.63) is 35.9 Å². The van der Waals surface area contributed by atoms with Gasteiger partial charge in [0.05, 0.1) is 12.1 Å². The van der Waals surface area contributed by atoms with E-state index >= 15 is 0 Å². The molecule has 0 bridgehead atoms. The number of ether oxygens (including phenoxy) is 1. The number of nitrogens with one attached hydrogen (secondary N) is 1. The van der Waals surface area contributed by atoms with Crippen LogP contribution in [-0.2, 0) is 16.0 Å². The molecule has 1 rings (SSSR count). The fourth-order valence-corrected chi connectivity index (χ4v) is 2.17. The van der Waals surface area contributed by atoms with Crippen LogP contribution in [0.4, 0.5) is 13.2 Å². The third-order valence-corrected chi connectivity index (χ3v) is 3.27. The first-order chi connectivity index (χ1) is 10.4. The lowest BCUT2D eigenvalue weighted by Crippen LogP contribution is -2.50. The van der Waals surface area contributed by atoms with Crippen molar-refractivity contribution in [2.45, 2.75) is 37.6 Å². The largest absolute Gasteiger partial charge is 0.471 e. The lowest BCUT2D eigenvalue weighted by molar-refractivity contribution is -0.175. The first-order valence-corrected chi connectivity index (χ1v) is 6.93. The molecule has 0 heterocycles. The van der Waals surface area contributed by atoms with E-state index in [9.17, 15) is 18.0 Å². The maximum atomic E-state index is 12.5. The predicted molar refractivity (Wildman–Crippen MR) is 75.2 cm³/mol. The van der Waals surface area contributed by atoms with Gasteiger partial charge in [0, 0.05) is 13.7 Å². The Labute approximate surface area is 127 Å². The molecule has 2 N–H and O–H groups in total. The molecule has 0 spiro atoms. The summed E-state index contributed by atoms with van der Waals surface area (Å²) in [6, 6.07) is 8.05. The first kappa shape index (κ1) is 18.4. The van der Waals surface area contributed by atoms with Gasteiger partial charge in [-0.25, -0.2) is 0 Å². The van der Waals surface area contributed by atoms with Crippen LogP contribution in [0.2, 0.25) is 0 Å². The van der Waals surface area contributed by atoms with Gasteiger partial charge in [-0.1, -0.05) is 30.3 Å². The zero-order valence-electron chi connectivity index (χ0n) is 12.3. The van der Waals surface area contributed by atoms with Gasteiger partial charge in [0.25, 0.3) is 0 Å². The number of halogens is 3. The van der Waals surface area contributed by atoms with E-state index in [0.29, 0.717) is 12.8 Å². The Kier molecular flexibility index (Phi) is 7.34. The zero-order valence-corrected chi connectivity index (χ0v) is 12.3. The number of carbonyl (C=O) groups excluding carboxylic acids is 1. The molecule has 0 fully saturated rings. The fraction of sp³-hybridized carbons (Fsp3) is 0.533. The summed E-state index contributed by atoms with van der Waals surface area (Å²) in [7, 11) is 1.37. The van der Waals surface area contributed by atoms with E-state index in [0.717, 1.165) is 5.56 Å². The molecule has 1 amide bonds. The van der Waals surface area contributed by atoms with E-state index in [4.69, 9.17) is 9.84 Å². The summed E-state index contributed by atoms with van der Waals surface area (Å²) < 4.78 is 42.6. The van der Waals surface area contributed by atoms with E-state index < -0.39 is 24.2 Å². The standard InChI is InChI=1S/C15H20F3NO3/c1-22-13(8-5-9-20)12(19-14(21)15(16,17)18)10-11-6-3-2-4-7-11/h2-4,6-7,12-13,20H,5,8-10H2,1H3,(H,19,21)/t12-,13?/m1/s1. The fourth-order valence-electron chi connectivity index (χ4n) is 2.17. The number of aliphatic hydroxyl groups is 1. The predicted octanol–water partition coefficient (Wildman–Crippen LogP) is 2.06. The minimum absolute atomic E-state index is 0.0921. The second-order valence-electron chi connectivity index (χ2n) is 4.91. The molecule has 0 saturated carbocycles. The Morgan fingerprint density at radius 2 is 1.95 bits per heavy atom. The second kappa shape index (κ2) is 8.75. The van der Waals surface area contributed by atoms with E-state index in [2.05, 4.69) is 0 Å². The van der Waals surface area contributed by atoms with Crippen LogP contribution < -0.4 is 5.32 Å². The van der Waals surface area contributed by atoms with E-state index in [1.165, 1.54) is 7.11 Å². The number of benzene rings is 1. The molecular formula is C15H20F3NO3. The van der Waals surface area contributed by atoms with Crippen LogP contribution in [0.3, 0.4) is 0 Å². The van der Waals surface area contributed by atoms with E-state index in [-0.39, 0.29) is 13.0 Å². The van der Waals surface area contributed by atoms with Crippen molar-refractivity contribution in [2.75, 3.05) is 13.7 Å². The highest BCUT2D eigenvalue weighted by Gasteiger charge is 2.40. The molecule has 1 aromatic carbocycles. The van der Waals surface area contributed by atoms with Gasteiger partial charge in [-0.2, -0.15) is 13.2 Å². The molecule has 1 unspecified atom stereocenters. The third kappa shape index (κ3) is 6.03. The zero-order chi connectivity index (χ0) is 16.6. The lowest BCUT2D eigenvalue weighted by Gasteiger charge is -2.27. The van der Waals surface area contributed by atoms with Gasteiger partial charge < -0.3 is 15.2 Å². The maximum absolute atomic E-state index is 12.5. The average molecular weight is 319 g/mol. The molecule has 22 heavy (non-hydrogen) atoms. The molecule has 0 aliphatic heterocycles. The van der Waals surface area contributed by atoms with Gasteiger partial charge in [0.15, 0.2) is 0 Å². The normalized spacial score (nSPS) is 14.4. The monoisotopic (exact) mass is 319 g/mol. The number of amides is 1. The molecule has 0 radical (unpaired) electrons. The summed E-state index contributed by atoms with van der Waals surface area (Å²) in [5.41, 5.74) is 0.793. The average Bonchev–Trinajstić information content (AvgIpc) is 2.48. The van der Waals surface area contributed by atoms with Crippen molar-refractivity contribution in [1.29, 1.82) is 0 Å². The van der Waals surface area contributed by atoms with Gasteiger partial charge in [0.2, 0.25) is 0 Å². The Morgan fingerprint density at radius 1 is 1.32 bits per heavy atom. The molecule has 124 valence electrons. The quantitative estimate of drug-likeness (QED) is 0.771. The van der Waals surface area contributed by atoms with Crippen molar-refractivity contribution in [3.8, 4) is 0 Å². The summed E-state index contributed by atoms with van der Waals surface area (Å²) in [5.74, 6) is -1.99. The lowest BCUT2D eigenvalue weighted by atomic mass is 9.98. The van der Waals surface area contributed by atoms with E-state index in [1.54, 1.807) is 30.3 Å². The Balaban J connectivity index is 2.85. The summed E-state index contributed by atoms with van der Waals surface area (Å²) in [5, 5.41) is 10.9. The van der Waals surface area contributed by atoms with Crippen LogP contribution in [0, 0.1) is 0 Å². The van der Waals surface area contributed by atoms with Crippen LogP contribution in [0.1, 0.15) is 18.4 Å². The minimum atomic E-state index is -4.94. The highest BCUT2D eigenvalue weighted by atomic mass is 19.4. The number of hydrogen-bond donors (Lipinski definition) is 2. The topological polar surface area (TPSA) is 58.6 Å². The summed E-state index contributed by atoms with van der Waals surface area (Å²) in [6.07, 6.45) is -4.61. The summed E-state index contributed by atoms with van der Waals surface area (Å²) in [6.45, 7) is -0.0921. The van der Waals surface area contributed by atoms with Gasteiger partial charge in [-0.05, 0) is 24.8 Å². The van der Waals surface area contributed by atoms with Crippen molar-refractivity contribution in [2.24, 2.45) is 0 Å².